The van der Waals surface area contributed by atoms with E-state index in [1.54, 1.807) is 25.3 Å². The van der Waals surface area contributed by atoms with Crippen molar-refractivity contribution in [1.29, 1.82) is 0 Å². The number of hydrogen-bond acceptors (Lipinski definition) is 5. The number of ether oxygens (including phenoxy) is 3. The zero-order valence-electron chi connectivity index (χ0n) is 11.7. The van der Waals surface area contributed by atoms with Crippen molar-refractivity contribution < 1.29 is 19.4 Å². The molecule has 0 saturated heterocycles. The van der Waals surface area contributed by atoms with Crippen molar-refractivity contribution >= 4 is 6.21 Å². The first kappa shape index (κ1) is 14.7. The standard InChI is InChI=1S/C16H17NO4/c1-19-15-9-5-6-13(12-17-18)16(15)21-11-10-20-14-7-3-2-4-8-14/h2-9,12,18H,10-11H2,1H3. The van der Waals surface area contributed by atoms with Crippen LogP contribution in [0.3, 0.4) is 0 Å². The van der Waals surface area contributed by atoms with Gasteiger partial charge < -0.3 is 19.4 Å². The van der Waals surface area contributed by atoms with Gasteiger partial charge in [0.05, 0.1) is 13.3 Å². The van der Waals surface area contributed by atoms with Crippen LogP contribution < -0.4 is 14.2 Å². The highest BCUT2D eigenvalue weighted by Crippen LogP contribution is 2.30. The maximum atomic E-state index is 8.68. The second kappa shape index (κ2) is 7.79. The van der Waals surface area contributed by atoms with Crippen molar-refractivity contribution in [2.45, 2.75) is 0 Å². The van der Waals surface area contributed by atoms with E-state index in [0.29, 0.717) is 30.3 Å². The first-order valence-corrected chi connectivity index (χ1v) is 6.50. The first-order chi connectivity index (χ1) is 10.3. The lowest BCUT2D eigenvalue weighted by atomic mass is 10.2. The number of methoxy groups -OCH3 is 1. The Bertz CT molecular complexity index is 584. The molecule has 0 aliphatic heterocycles. The molecule has 21 heavy (non-hydrogen) atoms. The SMILES string of the molecule is COc1cccc(C=NO)c1OCCOc1ccccc1. The molecule has 110 valence electrons. The molecule has 2 aromatic carbocycles. The Morgan fingerprint density at radius 1 is 1.00 bits per heavy atom. The minimum Gasteiger partial charge on any atom is -0.493 e. The van der Waals surface area contributed by atoms with Crippen LogP contribution in [0.25, 0.3) is 0 Å². The van der Waals surface area contributed by atoms with Crippen LogP contribution in [-0.4, -0.2) is 31.7 Å². The first-order valence-electron chi connectivity index (χ1n) is 6.50. The Labute approximate surface area is 123 Å². The second-order valence-corrected chi connectivity index (χ2v) is 4.13. The molecule has 0 amide bonds. The van der Waals surface area contributed by atoms with Gasteiger partial charge in [0.1, 0.15) is 19.0 Å². The number of para-hydroxylation sites is 2. The van der Waals surface area contributed by atoms with Gasteiger partial charge in [-0.25, -0.2) is 0 Å². The summed E-state index contributed by atoms with van der Waals surface area (Å²) in [6.45, 7) is 0.749. The quantitative estimate of drug-likeness (QED) is 0.368. The largest absolute Gasteiger partial charge is 0.493 e. The molecular weight excluding hydrogens is 270 g/mol. The minimum absolute atomic E-state index is 0.349. The number of rotatable bonds is 7. The van der Waals surface area contributed by atoms with Crippen LogP contribution in [0.5, 0.6) is 17.2 Å². The zero-order valence-corrected chi connectivity index (χ0v) is 11.7. The third-order valence-corrected chi connectivity index (χ3v) is 2.77. The highest BCUT2D eigenvalue weighted by Gasteiger charge is 2.09. The van der Waals surface area contributed by atoms with Gasteiger partial charge in [0.2, 0.25) is 0 Å². The maximum absolute atomic E-state index is 8.68. The molecule has 2 rings (SSSR count). The Kier molecular flexibility index (Phi) is 5.46. The molecule has 0 saturated carbocycles. The van der Waals surface area contributed by atoms with Crippen molar-refractivity contribution in [3.05, 3.63) is 54.1 Å². The van der Waals surface area contributed by atoms with E-state index in [4.69, 9.17) is 19.4 Å². The predicted octanol–water partition coefficient (Wildman–Crippen LogP) is 2.96. The smallest absolute Gasteiger partial charge is 0.170 e. The average molecular weight is 287 g/mol. The fraction of sp³-hybridized carbons (Fsp3) is 0.188. The van der Waals surface area contributed by atoms with E-state index < -0.39 is 0 Å². The van der Waals surface area contributed by atoms with E-state index in [-0.39, 0.29) is 0 Å². The molecule has 0 unspecified atom stereocenters. The summed E-state index contributed by atoms with van der Waals surface area (Å²) in [4.78, 5) is 0. The van der Waals surface area contributed by atoms with Gasteiger partial charge in [0, 0.05) is 5.56 Å². The number of hydrogen-bond donors (Lipinski definition) is 1. The van der Waals surface area contributed by atoms with Crippen LogP contribution in [-0.2, 0) is 0 Å². The van der Waals surface area contributed by atoms with Crippen molar-refractivity contribution in [3.63, 3.8) is 0 Å². The minimum atomic E-state index is 0.349. The summed E-state index contributed by atoms with van der Waals surface area (Å²) in [5.41, 5.74) is 0.636. The summed E-state index contributed by atoms with van der Waals surface area (Å²) < 4.78 is 16.5. The topological polar surface area (TPSA) is 60.3 Å². The Balaban J connectivity index is 1.96. The molecule has 0 radical (unpaired) electrons. The predicted molar refractivity (Wildman–Crippen MR) is 79.8 cm³/mol. The van der Waals surface area contributed by atoms with Gasteiger partial charge in [-0.3, -0.25) is 0 Å². The highest BCUT2D eigenvalue weighted by atomic mass is 16.5. The van der Waals surface area contributed by atoms with Gasteiger partial charge in [-0.05, 0) is 24.3 Å². The van der Waals surface area contributed by atoms with Gasteiger partial charge in [-0.2, -0.15) is 0 Å². The summed E-state index contributed by atoms with van der Waals surface area (Å²) in [7, 11) is 1.56. The van der Waals surface area contributed by atoms with E-state index in [0.717, 1.165) is 5.75 Å². The number of oxime groups is 1. The van der Waals surface area contributed by atoms with Gasteiger partial charge in [-0.1, -0.05) is 29.4 Å². The molecule has 2 aromatic rings. The third kappa shape index (κ3) is 4.14. The lowest BCUT2D eigenvalue weighted by Crippen LogP contribution is -2.10. The molecule has 0 aliphatic rings. The Morgan fingerprint density at radius 3 is 2.48 bits per heavy atom. The second-order valence-electron chi connectivity index (χ2n) is 4.13. The van der Waals surface area contributed by atoms with E-state index in [9.17, 15) is 0 Å². The molecule has 5 nitrogen and oxygen atoms in total. The van der Waals surface area contributed by atoms with Crippen LogP contribution in [0.15, 0.2) is 53.7 Å². The van der Waals surface area contributed by atoms with Gasteiger partial charge in [0.15, 0.2) is 11.5 Å². The van der Waals surface area contributed by atoms with Gasteiger partial charge >= 0.3 is 0 Å². The summed E-state index contributed by atoms with van der Waals surface area (Å²) in [6, 6.07) is 14.9. The molecule has 0 spiro atoms. The van der Waals surface area contributed by atoms with Crippen molar-refractivity contribution in [2.24, 2.45) is 5.16 Å². The third-order valence-electron chi connectivity index (χ3n) is 2.77. The molecule has 0 bridgehead atoms. The molecule has 0 heterocycles. The lowest BCUT2D eigenvalue weighted by Gasteiger charge is -2.13. The lowest BCUT2D eigenvalue weighted by molar-refractivity contribution is 0.211. The number of benzene rings is 2. The fourth-order valence-electron chi connectivity index (χ4n) is 1.83. The summed E-state index contributed by atoms with van der Waals surface area (Å²) in [5.74, 6) is 1.89. The average Bonchev–Trinajstić information content (AvgIpc) is 2.53. The number of nitrogens with zero attached hydrogens (tertiary/aromatic N) is 1. The Morgan fingerprint density at radius 2 is 1.76 bits per heavy atom. The maximum Gasteiger partial charge on any atom is 0.170 e. The van der Waals surface area contributed by atoms with E-state index in [1.807, 2.05) is 30.3 Å². The summed E-state index contributed by atoms with van der Waals surface area (Å²) in [6.07, 6.45) is 1.30. The van der Waals surface area contributed by atoms with Crippen LogP contribution in [0, 0.1) is 0 Å². The van der Waals surface area contributed by atoms with Crippen LogP contribution in [0.2, 0.25) is 0 Å². The van der Waals surface area contributed by atoms with Crippen LogP contribution >= 0.6 is 0 Å². The van der Waals surface area contributed by atoms with Crippen LogP contribution in [0.4, 0.5) is 0 Å². The molecule has 5 heteroatoms. The van der Waals surface area contributed by atoms with Crippen molar-refractivity contribution in [3.8, 4) is 17.2 Å². The molecular formula is C16H17NO4. The molecule has 0 aromatic heterocycles. The molecule has 1 N–H and O–H groups in total. The monoisotopic (exact) mass is 287 g/mol. The zero-order chi connectivity index (χ0) is 14.9. The summed E-state index contributed by atoms with van der Waals surface area (Å²) >= 11 is 0. The fourth-order valence-corrected chi connectivity index (χ4v) is 1.83. The van der Waals surface area contributed by atoms with E-state index in [1.165, 1.54) is 6.21 Å². The molecule has 0 aliphatic carbocycles. The van der Waals surface area contributed by atoms with E-state index >= 15 is 0 Å². The highest BCUT2D eigenvalue weighted by molar-refractivity contribution is 5.84. The summed E-state index contributed by atoms with van der Waals surface area (Å²) in [5, 5.41) is 11.7. The molecule has 0 fully saturated rings. The van der Waals surface area contributed by atoms with E-state index in [2.05, 4.69) is 5.16 Å². The van der Waals surface area contributed by atoms with Gasteiger partial charge in [-0.15, -0.1) is 0 Å². The molecule has 0 atom stereocenters. The van der Waals surface area contributed by atoms with Crippen LogP contribution in [0.1, 0.15) is 5.56 Å². The van der Waals surface area contributed by atoms with Gasteiger partial charge in [0.25, 0.3) is 0 Å². The van der Waals surface area contributed by atoms with Crippen molar-refractivity contribution in [1.82, 2.24) is 0 Å². The normalized spacial score (nSPS) is 10.5. The van der Waals surface area contributed by atoms with Crippen molar-refractivity contribution in [2.75, 3.05) is 20.3 Å². The Hall–Kier alpha value is -2.69.